The minimum absolute atomic E-state index is 0.0998. The average Bonchev–Trinajstić information content (AvgIpc) is 2.73. The highest BCUT2D eigenvalue weighted by atomic mass is 16.4. The van der Waals surface area contributed by atoms with Crippen LogP contribution in [0.5, 0.6) is 5.75 Å². The number of phenolic OH excluding ortho intramolecular Hbond substituents is 1. The van der Waals surface area contributed by atoms with E-state index in [0.29, 0.717) is 0 Å². The molecule has 0 aromatic heterocycles. The number of Topliss-reactive ketones (excluding diaryl/α,β-unsaturated/α-hetero) is 2. The van der Waals surface area contributed by atoms with E-state index in [1.165, 1.54) is 31.1 Å². The summed E-state index contributed by atoms with van der Waals surface area (Å²) in [5.41, 5.74) is -0.187. The second-order valence-electron chi connectivity index (χ2n) is 8.82. The summed E-state index contributed by atoms with van der Waals surface area (Å²) in [5, 5.41) is 64.8. The highest BCUT2D eigenvalue weighted by Crippen LogP contribution is 2.56. The van der Waals surface area contributed by atoms with Crippen molar-refractivity contribution in [3.63, 3.8) is 0 Å². The molecule has 12 nitrogen and oxygen atoms in total. The van der Waals surface area contributed by atoms with E-state index in [1.807, 2.05) is 0 Å². The van der Waals surface area contributed by atoms with Crippen molar-refractivity contribution in [2.24, 2.45) is 17.6 Å². The van der Waals surface area contributed by atoms with E-state index in [1.54, 1.807) is 0 Å². The highest BCUT2D eigenvalue weighted by Gasteiger charge is 2.69. The number of hydrogen-bond donors (Lipinski definition) is 7. The van der Waals surface area contributed by atoms with Crippen LogP contribution in [0.2, 0.25) is 0 Å². The lowest BCUT2D eigenvalue weighted by atomic mass is 9.54. The number of carboxylic acid groups (broad SMARTS) is 1. The van der Waals surface area contributed by atoms with Crippen LogP contribution in [0.1, 0.15) is 17.0 Å². The monoisotopic (exact) mass is 474 g/mol. The lowest BCUT2D eigenvalue weighted by Crippen LogP contribution is -2.70. The van der Waals surface area contributed by atoms with Gasteiger partial charge in [-0.3, -0.25) is 24.1 Å². The number of phenols is 1. The molecular weight excluding hydrogens is 452 g/mol. The summed E-state index contributed by atoms with van der Waals surface area (Å²) in [6, 6.07) is 2.18. The average molecular weight is 474 g/mol. The lowest BCUT2D eigenvalue weighted by molar-refractivity contribution is -0.171. The normalized spacial score (nSPS) is 32.9. The third kappa shape index (κ3) is 2.70. The third-order valence-electron chi connectivity index (χ3n) is 6.93. The Bertz CT molecular complexity index is 1230. The zero-order chi connectivity index (χ0) is 25.4. The number of ketones is 2. The Morgan fingerprint density at radius 1 is 1.12 bits per heavy atom. The number of fused-ring (bicyclic) bond motifs is 3. The lowest BCUT2D eigenvalue weighted by Gasteiger charge is -2.53. The van der Waals surface area contributed by atoms with Gasteiger partial charge in [0.05, 0.1) is 29.5 Å². The number of hydrogen-bond acceptors (Lipinski definition) is 10. The molecular formula is C22H22N2O10. The number of carbonyl (C=O) groups excluding carboxylic acids is 3. The Morgan fingerprint density at radius 2 is 1.74 bits per heavy atom. The first-order valence-corrected chi connectivity index (χ1v) is 10.2. The number of primary amides is 1. The van der Waals surface area contributed by atoms with Gasteiger partial charge >= 0.3 is 5.97 Å². The third-order valence-corrected chi connectivity index (χ3v) is 6.93. The number of carboxylic acids is 1. The number of aliphatic hydroxyl groups is 4. The molecule has 0 heterocycles. The predicted molar refractivity (Wildman–Crippen MR) is 112 cm³/mol. The number of aliphatic carboxylic acids is 1. The van der Waals surface area contributed by atoms with E-state index in [-0.39, 0.29) is 5.56 Å². The number of carbonyl (C=O) groups is 4. The quantitative estimate of drug-likeness (QED) is 0.251. The predicted octanol–water partition coefficient (Wildman–Crippen LogP) is -1.44. The van der Waals surface area contributed by atoms with E-state index in [0.717, 1.165) is 6.07 Å². The van der Waals surface area contributed by atoms with Crippen molar-refractivity contribution in [1.29, 1.82) is 0 Å². The number of likely N-dealkylation sites (N-methyl/N-ethyl adjacent to an activating group) is 1. The molecule has 12 heteroatoms. The summed E-state index contributed by atoms with van der Waals surface area (Å²) in [5.74, 6) is -13.5. The summed E-state index contributed by atoms with van der Waals surface area (Å²) >= 11 is 0. The number of nitrogens with zero attached hydrogens (tertiary/aromatic N) is 1. The van der Waals surface area contributed by atoms with Crippen molar-refractivity contribution in [1.82, 2.24) is 4.90 Å². The van der Waals surface area contributed by atoms with E-state index < -0.39 is 92.9 Å². The minimum Gasteiger partial charge on any atom is -0.508 e. The summed E-state index contributed by atoms with van der Waals surface area (Å²) in [6.07, 6.45) is -1.98. The summed E-state index contributed by atoms with van der Waals surface area (Å²) < 4.78 is 0. The molecule has 3 aliphatic carbocycles. The summed E-state index contributed by atoms with van der Waals surface area (Å²) in [6.45, 7) is 0. The van der Waals surface area contributed by atoms with Gasteiger partial charge in [-0.15, -0.1) is 0 Å². The van der Waals surface area contributed by atoms with Gasteiger partial charge in [-0.1, -0.05) is 12.1 Å². The Kier molecular flexibility index (Phi) is 5.09. The molecule has 0 aliphatic heterocycles. The smallest absolute Gasteiger partial charge is 0.311 e. The number of amides is 1. The fourth-order valence-corrected chi connectivity index (χ4v) is 5.56. The van der Waals surface area contributed by atoms with Crippen LogP contribution in [-0.4, -0.2) is 90.8 Å². The Morgan fingerprint density at radius 3 is 2.26 bits per heavy atom. The zero-order valence-corrected chi connectivity index (χ0v) is 18.0. The van der Waals surface area contributed by atoms with Crippen LogP contribution in [0.4, 0.5) is 0 Å². The van der Waals surface area contributed by atoms with Gasteiger partial charge in [-0.25, -0.2) is 0 Å². The second-order valence-corrected chi connectivity index (χ2v) is 8.82. The molecule has 34 heavy (non-hydrogen) atoms. The van der Waals surface area contributed by atoms with Crippen molar-refractivity contribution in [3.05, 3.63) is 46.2 Å². The molecule has 0 spiro atoms. The summed E-state index contributed by atoms with van der Waals surface area (Å²) in [4.78, 5) is 52.2. The molecule has 0 radical (unpaired) electrons. The maximum atomic E-state index is 13.7. The van der Waals surface area contributed by atoms with Crippen LogP contribution in [0.3, 0.4) is 0 Å². The van der Waals surface area contributed by atoms with Crippen LogP contribution < -0.4 is 5.73 Å². The first kappa shape index (κ1) is 23.4. The molecule has 1 fully saturated rings. The molecule has 3 aliphatic rings. The van der Waals surface area contributed by atoms with Gasteiger partial charge in [0.15, 0.2) is 11.4 Å². The van der Waals surface area contributed by atoms with Gasteiger partial charge in [-0.05, 0) is 25.7 Å². The van der Waals surface area contributed by atoms with Gasteiger partial charge in [0.2, 0.25) is 5.78 Å². The number of aliphatic hydroxyl groups excluding tert-OH is 3. The molecule has 1 aromatic carbocycles. The fourth-order valence-electron chi connectivity index (χ4n) is 5.56. The SMILES string of the molecule is CN(C)[C@@H]1C(=O)C(C(N)=O)=C(O)[C@@]2(O)C(=O)C3=C(O)c4c(O)cccc4[C@@H](C(=O)O)[C@H]3[C@H](O)[C@@H]12. The highest BCUT2D eigenvalue weighted by molar-refractivity contribution is 6.24. The van der Waals surface area contributed by atoms with Gasteiger partial charge in [0.25, 0.3) is 5.91 Å². The summed E-state index contributed by atoms with van der Waals surface area (Å²) in [7, 11) is 2.71. The first-order valence-electron chi connectivity index (χ1n) is 10.2. The molecule has 1 amide bonds. The van der Waals surface area contributed by atoms with E-state index in [9.17, 15) is 49.8 Å². The largest absolute Gasteiger partial charge is 0.508 e. The van der Waals surface area contributed by atoms with Crippen molar-refractivity contribution < 1.29 is 49.8 Å². The molecule has 6 atom stereocenters. The van der Waals surface area contributed by atoms with Crippen LogP contribution in [0.15, 0.2) is 35.1 Å². The van der Waals surface area contributed by atoms with Crippen LogP contribution in [0, 0.1) is 11.8 Å². The van der Waals surface area contributed by atoms with Crippen molar-refractivity contribution in [2.75, 3.05) is 14.1 Å². The Labute approximate surface area is 191 Å². The van der Waals surface area contributed by atoms with Gasteiger partial charge in [-0.2, -0.15) is 0 Å². The van der Waals surface area contributed by atoms with Gasteiger partial charge in [0, 0.05) is 11.5 Å². The molecule has 1 aromatic rings. The number of benzene rings is 1. The second kappa shape index (κ2) is 7.38. The van der Waals surface area contributed by atoms with E-state index in [4.69, 9.17) is 5.73 Å². The van der Waals surface area contributed by atoms with Crippen LogP contribution >= 0.6 is 0 Å². The number of rotatable bonds is 3. The fraction of sp³-hybridized carbons (Fsp3) is 0.364. The Balaban J connectivity index is 2.11. The molecule has 1 saturated carbocycles. The maximum absolute atomic E-state index is 13.7. The molecule has 4 rings (SSSR count). The minimum atomic E-state index is -3.10. The number of nitrogens with two attached hydrogens (primary N) is 1. The molecule has 0 saturated heterocycles. The number of aromatic hydroxyl groups is 1. The zero-order valence-electron chi connectivity index (χ0n) is 18.0. The molecule has 0 unspecified atom stereocenters. The molecule has 180 valence electrons. The van der Waals surface area contributed by atoms with Crippen molar-refractivity contribution in [2.45, 2.75) is 23.7 Å². The maximum Gasteiger partial charge on any atom is 0.311 e. The molecule has 0 bridgehead atoms. The Hall–Kier alpha value is -3.74. The first-order chi connectivity index (χ1) is 15.8. The van der Waals surface area contributed by atoms with E-state index in [2.05, 4.69) is 0 Å². The van der Waals surface area contributed by atoms with Crippen LogP contribution in [0.25, 0.3) is 5.76 Å². The van der Waals surface area contributed by atoms with Crippen molar-refractivity contribution >= 4 is 29.2 Å². The van der Waals surface area contributed by atoms with Crippen molar-refractivity contribution in [3.8, 4) is 5.75 Å². The van der Waals surface area contributed by atoms with Gasteiger partial charge < -0.3 is 36.4 Å². The molecule has 8 N–H and O–H groups in total. The van der Waals surface area contributed by atoms with E-state index >= 15 is 0 Å². The van der Waals surface area contributed by atoms with Crippen LogP contribution in [-0.2, 0) is 19.2 Å². The topological polar surface area (TPSA) is 219 Å². The standard InChI is InChI=1S/C22H22N2O10/c1-24(2)14-13-16(27)10-9(21(32)33)6-4-3-5-7(25)8(6)15(26)11(10)18(29)22(13,34)19(30)12(17(14)28)20(23)31/h3-5,9-10,13-14,16,25-27,30,34H,1-2H3,(H2,23,31)(H,32,33)/t9-,10-,13-,14+,16+,22+/m1/s1. The van der Waals surface area contributed by atoms with Gasteiger partial charge in [0.1, 0.15) is 22.8 Å².